The van der Waals surface area contributed by atoms with Crippen LogP contribution in [0, 0.1) is 0 Å². The smallest absolute Gasteiger partial charge is 0.185 e. The van der Waals surface area contributed by atoms with Gasteiger partial charge in [0.15, 0.2) is 5.96 Å². The van der Waals surface area contributed by atoms with Crippen molar-refractivity contribution in [3.63, 3.8) is 0 Å². The number of unbranched alkanes of at least 4 members (excludes halogenated alkanes) is 1. The number of nitrogens with two attached hydrogens (primary N) is 2. The molecule has 0 aliphatic carbocycles. The average molecular weight is 242 g/mol. The summed E-state index contributed by atoms with van der Waals surface area (Å²) in [4.78, 5) is 15.6. The van der Waals surface area contributed by atoms with E-state index in [-0.39, 0.29) is 17.8 Å². The first-order valence-corrected chi connectivity index (χ1v) is 6.31. The first-order chi connectivity index (χ1) is 7.97. The topological polar surface area (TPSA) is 93.5 Å². The first-order valence-electron chi connectivity index (χ1n) is 6.31. The van der Waals surface area contributed by atoms with E-state index in [4.69, 9.17) is 11.5 Å². The third kappa shape index (κ3) is 8.68. The number of aliphatic imine (C=N–C) groups is 1. The normalized spacial score (nSPS) is 12.5. The van der Waals surface area contributed by atoms with E-state index in [9.17, 15) is 4.79 Å². The standard InChI is InChI=1S/C12H26N4O/c1-4-11(17)10(16-9(2)3)7-5-6-8-15-12(13)14/h9-10,16H,4-8H2,1-3H3,(H4,13,14,15). The maximum atomic E-state index is 11.7. The van der Waals surface area contributed by atoms with Crippen molar-refractivity contribution < 1.29 is 4.79 Å². The molecule has 1 unspecified atom stereocenters. The Labute approximate surface area is 104 Å². The van der Waals surface area contributed by atoms with Crippen LogP contribution in [0.2, 0.25) is 0 Å². The minimum atomic E-state index is -0.0285. The average Bonchev–Trinajstić information content (AvgIpc) is 2.25. The summed E-state index contributed by atoms with van der Waals surface area (Å²) < 4.78 is 0. The molecule has 5 N–H and O–H groups in total. The summed E-state index contributed by atoms with van der Waals surface area (Å²) >= 11 is 0. The van der Waals surface area contributed by atoms with Crippen LogP contribution < -0.4 is 16.8 Å². The molecule has 0 aliphatic rings. The van der Waals surface area contributed by atoms with Crippen molar-refractivity contribution in [1.82, 2.24) is 5.32 Å². The van der Waals surface area contributed by atoms with Gasteiger partial charge in [0, 0.05) is 19.0 Å². The highest BCUT2D eigenvalue weighted by atomic mass is 16.1. The molecule has 0 heterocycles. The molecule has 0 aromatic rings. The van der Waals surface area contributed by atoms with Crippen molar-refractivity contribution in [1.29, 1.82) is 0 Å². The maximum absolute atomic E-state index is 11.7. The number of guanidine groups is 1. The lowest BCUT2D eigenvalue weighted by Crippen LogP contribution is -2.40. The number of Topliss-reactive ketones (excluding diaryl/α,β-unsaturated/α-hetero) is 1. The van der Waals surface area contributed by atoms with Gasteiger partial charge in [-0.1, -0.05) is 20.8 Å². The van der Waals surface area contributed by atoms with Crippen molar-refractivity contribution >= 4 is 11.7 Å². The molecule has 0 saturated carbocycles. The molecule has 1 atom stereocenters. The maximum Gasteiger partial charge on any atom is 0.185 e. The Kier molecular flexibility index (Phi) is 8.40. The second-order valence-corrected chi connectivity index (χ2v) is 4.50. The van der Waals surface area contributed by atoms with Gasteiger partial charge in [0.2, 0.25) is 0 Å². The quantitative estimate of drug-likeness (QED) is 0.316. The fourth-order valence-electron chi connectivity index (χ4n) is 1.65. The van der Waals surface area contributed by atoms with Gasteiger partial charge in [-0.15, -0.1) is 0 Å². The zero-order chi connectivity index (χ0) is 13.3. The summed E-state index contributed by atoms with van der Waals surface area (Å²) in [6.07, 6.45) is 3.29. The van der Waals surface area contributed by atoms with Gasteiger partial charge in [-0.05, 0) is 19.3 Å². The van der Waals surface area contributed by atoms with E-state index in [0.717, 1.165) is 19.3 Å². The van der Waals surface area contributed by atoms with Crippen LogP contribution >= 0.6 is 0 Å². The molecule has 5 heteroatoms. The van der Waals surface area contributed by atoms with Crippen molar-refractivity contribution in [2.75, 3.05) is 6.54 Å². The number of nitrogens with zero attached hydrogens (tertiary/aromatic N) is 1. The molecule has 0 fully saturated rings. The largest absolute Gasteiger partial charge is 0.370 e. The van der Waals surface area contributed by atoms with Crippen LogP contribution in [-0.4, -0.2) is 30.4 Å². The van der Waals surface area contributed by atoms with Gasteiger partial charge < -0.3 is 16.8 Å². The molecule has 0 aromatic carbocycles. The molecule has 5 nitrogen and oxygen atoms in total. The predicted molar refractivity (Wildman–Crippen MR) is 71.9 cm³/mol. The van der Waals surface area contributed by atoms with Gasteiger partial charge in [-0.2, -0.15) is 0 Å². The Morgan fingerprint density at radius 1 is 1.29 bits per heavy atom. The molecule has 0 spiro atoms. The molecule has 0 radical (unpaired) electrons. The van der Waals surface area contributed by atoms with Crippen molar-refractivity contribution in [2.45, 2.75) is 58.5 Å². The zero-order valence-corrected chi connectivity index (χ0v) is 11.2. The lowest BCUT2D eigenvalue weighted by atomic mass is 10.0. The fourth-order valence-corrected chi connectivity index (χ4v) is 1.65. The predicted octanol–water partition coefficient (Wildman–Crippen LogP) is 0.776. The van der Waals surface area contributed by atoms with Gasteiger partial charge in [0.25, 0.3) is 0 Å². The Hall–Kier alpha value is -1.10. The molecule has 0 bridgehead atoms. The van der Waals surface area contributed by atoms with Gasteiger partial charge in [0.1, 0.15) is 5.78 Å². The SMILES string of the molecule is CCC(=O)C(CCCCN=C(N)N)NC(C)C. The third-order valence-electron chi connectivity index (χ3n) is 2.47. The first kappa shape index (κ1) is 15.9. The van der Waals surface area contributed by atoms with E-state index < -0.39 is 0 Å². The second-order valence-electron chi connectivity index (χ2n) is 4.50. The highest BCUT2D eigenvalue weighted by molar-refractivity contribution is 5.83. The zero-order valence-electron chi connectivity index (χ0n) is 11.2. The van der Waals surface area contributed by atoms with Gasteiger partial charge in [-0.3, -0.25) is 9.79 Å². The number of hydrogen-bond acceptors (Lipinski definition) is 3. The van der Waals surface area contributed by atoms with Crippen LogP contribution in [0.1, 0.15) is 46.5 Å². The highest BCUT2D eigenvalue weighted by Gasteiger charge is 2.16. The molecule has 0 aliphatic heterocycles. The summed E-state index contributed by atoms with van der Waals surface area (Å²) in [5.41, 5.74) is 10.5. The summed E-state index contributed by atoms with van der Waals surface area (Å²) in [7, 11) is 0. The molecule has 0 rings (SSSR count). The number of carbonyl (C=O) groups is 1. The lowest BCUT2D eigenvalue weighted by Gasteiger charge is -2.19. The summed E-state index contributed by atoms with van der Waals surface area (Å²) in [6, 6.07) is 0.299. The van der Waals surface area contributed by atoms with E-state index >= 15 is 0 Å². The summed E-state index contributed by atoms with van der Waals surface area (Å²) in [5, 5.41) is 3.30. The number of nitrogens with one attached hydrogen (secondary N) is 1. The van der Waals surface area contributed by atoms with Crippen molar-refractivity contribution in [3.8, 4) is 0 Å². The Morgan fingerprint density at radius 3 is 2.41 bits per heavy atom. The van der Waals surface area contributed by atoms with E-state index in [1.54, 1.807) is 0 Å². The number of ketones is 1. The van der Waals surface area contributed by atoms with Crippen molar-refractivity contribution in [2.24, 2.45) is 16.5 Å². The lowest BCUT2D eigenvalue weighted by molar-refractivity contribution is -0.121. The van der Waals surface area contributed by atoms with Crippen LogP contribution in [-0.2, 0) is 4.79 Å². The molecular weight excluding hydrogens is 216 g/mol. The molecule has 17 heavy (non-hydrogen) atoms. The van der Waals surface area contributed by atoms with Gasteiger partial charge >= 0.3 is 0 Å². The van der Waals surface area contributed by atoms with Crippen LogP contribution in [0.4, 0.5) is 0 Å². The molecule has 100 valence electrons. The van der Waals surface area contributed by atoms with Gasteiger partial charge in [-0.25, -0.2) is 0 Å². The van der Waals surface area contributed by atoms with E-state index in [0.29, 0.717) is 19.0 Å². The monoisotopic (exact) mass is 242 g/mol. The highest BCUT2D eigenvalue weighted by Crippen LogP contribution is 2.05. The van der Waals surface area contributed by atoms with E-state index in [1.165, 1.54) is 0 Å². The molecule has 0 aromatic heterocycles. The Balaban J connectivity index is 3.92. The Bertz CT molecular complexity index is 247. The number of rotatable bonds is 9. The fraction of sp³-hybridized carbons (Fsp3) is 0.833. The van der Waals surface area contributed by atoms with Gasteiger partial charge in [0.05, 0.1) is 6.04 Å². The third-order valence-corrected chi connectivity index (χ3v) is 2.47. The summed E-state index contributed by atoms with van der Waals surface area (Å²) in [6.45, 7) is 6.64. The van der Waals surface area contributed by atoms with Crippen LogP contribution in [0.3, 0.4) is 0 Å². The van der Waals surface area contributed by atoms with E-state index in [1.807, 2.05) is 6.92 Å². The minimum absolute atomic E-state index is 0.0285. The second kappa shape index (κ2) is 8.98. The number of carbonyl (C=O) groups excluding carboxylic acids is 1. The van der Waals surface area contributed by atoms with Crippen molar-refractivity contribution in [3.05, 3.63) is 0 Å². The van der Waals surface area contributed by atoms with Crippen LogP contribution in [0.25, 0.3) is 0 Å². The number of hydrogen-bond donors (Lipinski definition) is 3. The van der Waals surface area contributed by atoms with Crippen LogP contribution in [0.5, 0.6) is 0 Å². The molecule has 0 saturated heterocycles. The minimum Gasteiger partial charge on any atom is -0.370 e. The Morgan fingerprint density at radius 2 is 1.94 bits per heavy atom. The summed E-state index contributed by atoms with van der Waals surface area (Å²) in [5.74, 6) is 0.409. The molecule has 0 amide bonds. The molecular formula is C12H26N4O. The van der Waals surface area contributed by atoms with Crippen LogP contribution in [0.15, 0.2) is 4.99 Å². The van der Waals surface area contributed by atoms with E-state index in [2.05, 4.69) is 24.2 Å².